The van der Waals surface area contributed by atoms with Crippen molar-refractivity contribution in [1.29, 1.82) is 0 Å². The Balaban J connectivity index is 1.78. The van der Waals surface area contributed by atoms with Gasteiger partial charge in [-0.1, -0.05) is 50.5 Å². The third-order valence-corrected chi connectivity index (χ3v) is 9.03. The van der Waals surface area contributed by atoms with Crippen molar-refractivity contribution in [1.82, 2.24) is 10.2 Å². The van der Waals surface area contributed by atoms with Crippen LogP contribution in [0.2, 0.25) is 0 Å². The zero-order valence-electron chi connectivity index (χ0n) is 24.6. The van der Waals surface area contributed by atoms with Crippen molar-refractivity contribution in [2.75, 3.05) is 24.2 Å². The second-order valence-electron chi connectivity index (χ2n) is 10.8. The van der Waals surface area contributed by atoms with E-state index in [4.69, 9.17) is 4.74 Å². The van der Waals surface area contributed by atoms with Crippen LogP contribution in [0.1, 0.15) is 75.0 Å². The van der Waals surface area contributed by atoms with Crippen LogP contribution in [0, 0.1) is 13.8 Å². The number of anilines is 1. The molecule has 0 saturated heterocycles. The summed E-state index contributed by atoms with van der Waals surface area (Å²) < 4.78 is 32.0. The van der Waals surface area contributed by atoms with Crippen molar-refractivity contribution < 1.29 is 22.7 Å². The Labute approximate surface area is 240 Å². The smallest absolute Gasteiger partial charge is 0.243 e. The van der Waals surface area contributed by atoms with E-state index in [1.807, 2.05) is 57.2 Å². The van der Waals surface area contributed by atoms with Crippen molar-refractivity contribution in [2.24, 2.45) is 0 Å². The fourth-order valence-electron chi connectivity index (χ4n) is 5.38. The Morgan fingerprint density at radius 3 is 2.33 bits per heavy atom. The predicted octanol–water partition coefficient (Wildman–Crippen LogP) is 5.11. The molecule has 40 heavy (non-hydrogen) atoms. The van der Waals surface area contributed by atoms with Gasteiger partial charge in [0.15, 0.2) is 0 Å². The summed E-state index contributed by atoms with van der Waals surface area (Å²) in [5.41, 5.74) is 3.42. The quantitative estimate of drug-likeness (QED) is 0.360. The predicted molar refractivity (Wildman–Crippen MR) is 160 cm³/mol. The van der Waals surface area contributed by atoms with E-state index < -0.39 is 16.1 Å². The van der Waals surface area contributed by atoms with E-state index in [9.17, 15) is 18.0 Å². The first-order valence-corrected chi connectivity index (χ1v) is 16.2. The zero-order valence-corrected chi connectivity index (χ0v) is 25.4. The average Bonchev–Trinajstić information content (AvgIpc) is 2.93. The first kappa shape index (κ1) is 31.5. The summed E-state index contributed by atoms with van der Waals surface area (Å²) in [6, 6.07) is 12.6. The van der Waals surface area contributed by atoms with E-state index in [0.717, 1.165) is 48.1 Å². The van der Waals surface area contributed by atoms with Gasteiger partial charge in [0.05, 0.1) is 19.1 Å². The second-order valence-corrected chi connectivity index (χ2v) is 12.7. The van der Waals surface area contributed by atoms with E-state index in [1.54, 1.807) is 18.1 Å². The van der Waals surface area contributed by atoms with E-state index >= 15 is 0 Å². The molecule has 3 rings (SSSR count). The number of aryl methyl sites for hydroxylation is 1. The van der Waals surface area contributed by atoms with Crippen molar-refractivity contribution in [3.05, 3.63) is 59.2 Å². The van der Waals surface area contributed by atoms with Crippen LogP contribution in [0.15, 0.2) is 42.5 Å². The van der Waals surface area contributed by atoms with Crippen LogP contribution in [0.5, 0.6) is 5.75 Å². The number of carbonyl (C=O) groups excluding carboxylic acids is 2. The molecule has 0 unspecified atom stereocenters. The molecular formula is C31H45N3O5S. The van der Waals surface area contributed by atoms with Crippen molar-refractivity contribution in [3.63, 3.8) is 0 Å². The maximum Gasteiger partial charge on any atom is 0.243 e. The molecule has 1 aliphatic carbocycles. The number of hydrogen-bond donors (Lipinski definition) is 1. The lowest BCUT2D eigenvalue weighted by Crippen LogP contribution is -2.51. The summed E-state index contributed by atoms with van der Waals surface area (Å²) in [4.78, 5) is 28.8. The van der Waals surface area contributed by atoms with Gasteiger partial charge in [-0.2, -0.15) is 0 Å². The van der Waals surface area contributed by atoms with E-state index in [-0.39, 0.29) is 37.4 Å². The highest BCUT2D eigenvalue weighted by Crippen LogP contribution is 2.26. The van der Waals surface area contributed by atoms with E-state index in [0.29, 0.717) is 18.5 Å². The number of ether oxygens (including phenoxy) is 1. The van der Waals surface area contributed by atoms with Gasteiger partial charge in [0.25, 0.3) is 0 Å². The number of amides is 2. The molecule has 0 aliphatic heterocycles. The van der Waals surface area contributed by atoms with Crippen LogP contribution in [0.25, 0.3) is 0 Å². The van der Waals surface area contributed by atoms with Gasteiger partial charge in [-0.25, -0.2) is 8.42 Å². The van der Waals surface area contributed by atoms with Gasteiger partial charge in [-0.3, -0.25) is 13.9 Å². The number of methoxy groups -OCH3 is 1. The number of nitrogens with zero attached hydrogens (tertiary/aromatic N) is 2. The SMILES string of the molecule is CC[C@@H](C(=O)NC1CCCCC1)N(Cc1ccc(OC)cc1)C(=O)CCCN(c1cccc(C)c1C)S(C)(=O)=O. The second kappa shape index (κ2) is 14.5. The molecule has 0 bridgehead atoms. The molecule has 0 spiro atoms. The molecule has 1 N–H and O–H groups in total. The third kappa shape index (κ3) is 8.46. The highest BCUT2D eigenvalue weighted by atomic mass is 32.2. The Hall–Kier alpha value is -3.07. The van der Waals surface area contributed by atoms with Crippen LogP contribution < -0.4 is 14.4 Å². The zero-order chi connectivity index (χ0) is 29.3. The lowest BCUT2D eigenvalue weighted by Gasteiger charge is -2.33. The van der Waals surface area contributed by atoms with Crippen molar-refractivity contribution in [3.8, 4) is 5.75 Å². The molecule has 1 fully saturated rings. The molecule has 2 aromatic carbocycles. The summed E-state index contributed by atoms with van der Waals surface area (Å²) in [6.45, 7) is 6.23. The van der Waals surface area contributed by atoms with Crippen LogP contribution in [0.3, 0.4) is 0 Å². The lowest BCUT2D eigenvalue weighted by molar-refractivity contribution is -0.141. The third-order valence-electron chi connectivity index (χ3n) is 7.85. The fraction of sp³-hybridized carbons (Fsp3) is 0.548. The molecule has 1 aliphatic rings. The van der Waals surface area contributed by atoms with Crippen LogP contribution >= 0.6 is 0 Å². The molecule has 2 aromatic rings. The average molecular weight is 572 g/mol. The van der Waals surface area contributed by atoms with Gasteiger partial charge in [-0.15, -0.1) is 0 Å². The number of hydrogen-bond acceptors (Lipinski definition) is 5. The molecule has 0 radical (unpaired) electrons. The van der Waals surface area contributed by atoms with E-state index in [2.05, 4.69) is 5.32 Å². The molecular weight excluding hydrogens is 526 g/mol. The lowest BCUT2D eigenvalue weighted by atomic mass is 9.95. The summed E-state index contributed by atoms with van der Waals surface area (Å²) in [5, 5.41) is 3.20. The summed E-state index contributed by atoms with van der Waals surface area (Å²) in [6.07, 6.45) is 7.47. The molecule has 0 heterocycles. The normalized spacial score (nSPS) is 14.8. The van der Waals surface area contributed by atoms with E-state index in [1.165, 1.54) is 17.0 Å². The Bertz CT molecular complexity index is 1240. The molecule has 9 heteroatoms. The molecule has 2 amide bonds. The van der Waals surface area contributed by atoms with Crippen LogP contribution in [-0.4, -0.2) is 57.1 Å². The summed E-state index contributed by atoms with van der Waals surface area (Å²) in [7, 11) is -1.95. The number of nitrogens with one attached hydrogen (secondary N) is 1. The van der Waals surface area contributed by atoms with Gasteiger partial charge in [-0.05, 0) is 74.4 Å². The Morgan fingerprint density at radius 2 is 1.73 bits per heavy atom. The number of carbonyl (C=O) groups is 2. The highest BCUT2D eigenvalue weighted by molar-refractivity contribution is 7.92. The van der Waals surface area contributed by atoms with Crippen molar-refractivity contribution >= 4 is 27.5 Å². The Morgan fingerprint density at radius 1 is 1.05 bits per heavy atom. The standard InChI is InChI=1S/C31H45N3O5S/c1-6-28(31(36)32-26-13-8-7-9-14-26)33(22-25-17-19-27(39-4)20-18-25)30(35)16-11-21-34(40(5,37)38)29-15-10-12-23(2)24(29)3/h10,12,15,17-20,26,28H,6-9,11,13-14,16,21-22H2,1-5H3,(H,32,36)/t28-/m0/s1. The first-order chi connectivity index (χ1) is 19.0. The maximum absolute atomic E-state index is 13.7. The molecule has 0 aromatic heterocycles. The topological polar surface area (TPSA) is 96.0 Å². The maximum atomic E-state index is 13.7. The molecule has 8 nitrogen and oxygen atoms in total. The summed E-state index contributed by atoms with van der Waals surface area (Å²) in [5.74, 6) is 0.427. The van der Waals surface area contributed by atoms with Gasteiger partial charge >= 0.3 is 0 Å². The van der Waals surface area contributed by atoms with Crippen molar-refractivity contribution in [2.45, 2.75) is 90.8 Å². The van der Waals surface area contributed by atoms with Crippen LogP contribution in [0.4, 0.5) is 5.69 Å². The monoisotopic (exact) mass is 571 g/mol. The number of sulfonamides is 1. The van der Waals surface area contributed by atoms with Crippen LogP contribution in [-0.2, 0) is 26.2 Å². The molecule has 220 valence electrons. The first-order valence-electron chi connectivity index (χ1n) is 14.3. The highest BCUT2D eigenvalue weighted by Gasteiger charge is 2.30. The largest absolute Gasteiger partial charge is 0.497 e. The van der Waals surface area contributed by atoms with Gasteiger partial charge in [0.1, 0.15) is 11.8 Å². The fourth-order valence-corrected chi connectivity index (χ4v) is 6.40. The van der Waals surface area contributed by atoms with Gasteiger partial charge in [0, 0.05) is 25.6 Å². The Kier molecular flexibility index (Phi) is 11.4. The minimum absolute atomic E-state index is 0.121. The minimum Gasteiger partial charge on any atom is -0.497 e. The molecule has 1 saturated carbocycles. The number of rotatable bonds is 13. The number of benzene rings is 2. The van der Waals surface area contributed by atoms with Gasteiger partial charge < -0.3 is 15.0 Å². The van der Waals surface area contributed by atoms with Gasteiger partial charge in [0.2, 0.25) is 21.8 Å². The molecule has 1 atom stereocenters. The minimum atomic E-state index is -3.55. The summed E-state index contributed by atoms with van der Waals surface area (Å²) >= 11 is 0.